The monoisotopic (exact) mass is 225 g/mol. The summed E-state index contributed by atoms with van der Waals surface area (Å²) in [5.41, 5.74) is 6.27. The van der Waals surface area contributed by atoms with Crippen molar-refractivity contribution in [3.05, 3.63) is 0 Å². The van der Waals surface area contributed by atoms with Crippen LogP contribution >= 0.6 is 0 Å². The summed E-state index contributed by atoms with van der Waals surface area (Å²) in [7, 11) is 0. The van der Waals surface area contributed by atoms with Gasteiger partial charge in [0, 0.05) is 18.3 Å². The van der Waals surface area contributed by atoms with Crippen LogP contribution in [0.4, 0.5) is 0 Å². The Labute approximate surface area is 101 Å². The lowest BCUT2D eigenvalue weighted by Crippen LogP contribution is -3.19. The zero-order valence-electron chi connectivity index (χ0n) is 11.0. The average Bonchev–Trinajstić information content (AvgIpc) is 2.27. The molecule has 1 aliphatic carbocycles. The first kappa shape index (κ1) is 12.4. The highest BCUT2D eigenvalue weighted by Gasteiger charge is 2.31. The van der Waals surface area contributed by atoms with Crippen LogP contribution in [0.15, 0.2) is 0 Å². The first-order chi connectivity index (χ1) is 7.66. The van der Waals surface area contributed by atoms with Gasteiger partial charge in [-0.3, -0.25) is 5.73 Å². The van der Waals surface area contributed by atoms with Gasteiger partial charge in [-0.1, -0.05) is 33.1 Å². The summed E-state index contributed by atoms with van der Waals surface area (Å²) in [6, 6.07) is 0. The maximum Gasteiger partial charge on any atom is 0.138 e. The maximum atomic E-state index is 6.27. The van der Waals surface area contributed by atoms with Gasteiger partial charge in [0.05, 0.1) is 13.1 Å². The number of likely N-dealkylation sites (tertiary alicyclic amines) is 1. The Morgan fingerprint density at radius 2 is 1.81 bits per heavy atom. The third kappa shape index (κ3) is 2.98. The van der Waals surface area contributed by atoms with E-state index in [9.17, 15) is 0 Å². The molecule has 3 N–H and O–H groups in total. The minimum atomic E-state index is 0.422. The summed E-state index contributed by atoms with van der Waals surface area (Å²) in [5, 5.41) is 0. The van der Waals surface area contributed by atoms with E-state index in [1.165, 1.54) is 51.6 Å². The van der Waals surface area contributed by atoms with Crippen LogP contribution in [0.25, 0.3) is 0 Å². The zero-order valence-corrected chi connectivity index (χ0v) is 11.0. The lowest BCUT2D eigenvalue weighted by molar-refractivity contribution is -0.937. The van der Waals surface area contributed by atoms with Gasteiger partial charge in [0.15, 0.2) is 0 Å². The Morgan fingerprint density at radius 1 is 1.06 bits per heavy atom. The summed E-state index contributed by atoms with van der Waals surface area (Å²) in [6.07, 6.45) is 8.80. The topological polar surface area (TPSA) is 30.5 Å². The van der Waals surface area contributed by atoms with Crippen LogP contribution in [0, 0.1) is 17.8 Å². The molecule has 0 aromatic carbocycles. The normalized spacial score (nSPS) is 45.6. The maximum absolute atomic E-state index is 6.27. The quantitative estimate of drug-likeness (QED) is 0.731. The Morgan fingerprint density at radius 3 is 2.56 bits per heavy atom. The SMILES string of the molecule is CC1CCC(N)[NH+](CC2CCCCC2C)C1. The molecule has 1 saturated heterocycles. The van der Waals surface area contributed by atoms with Crippen molar-refractivity contribution in [2.75, 3.05) is 13.1 Å². The molecule has 0 amide bonds. The van der Waals surface area contributed by atoms with E-state index in [1.54, 1.807) is 4.90 Å². The van der Waals surface area contributed by atoms with E-state index in [1.807, 2.05) is 0 Å². The van der Waals surface area contributed by atoms with Gasteiger partial charge in [-0.15, -0.1) is 0 Å². The summed E-state index contributed by atoms with van der Waals surface area (Å²) < 4.78 is 0. The Hall–Kier alpha value is -0.0800. The van der Waals surface area contributed by atoms with Crippen LogP contribution in [0.1, 0.15) is 52.4 Å². The van der Waals surface area contributed by atoms with E-state index < -0.39 is 0 Å². The smallest absolute Gasteiger partial charge is 0.138 e. The number of hydrogen-bond acceptors (Lipinski definition) is 1. The summed E-state index contributed by atoms with van der Waals surface area (Å²) in [5.74, 6) is 2.76. The fourth-order valence-electron chi connectivity index (χ4n) is 3.64. The number of nitrogens with one attached hydrogen (secondary N) is 1. The Balaban J connectivity index is 1.86. The van der Waals surface area contributed by atoms with Gasteiger partial charge in [-0.25, -0.2) is 0 Å². The molecule has 0 radical (unpaired) electrons. The van der Waals surface area contributed by atoms with Gasteiger partial charge in [0.25, 0.3) is 0 Å². The van der Waals surface area contributed by atoms with E-state index >= 15 is 0 Å². The second kappa shape index (κ2) is 5.50. The molecule has 5 unspecified atom stereocenters. The van der Waals surface area contributed by atoms with E-state index in [-0.39, 0.29) is 0 Å². The highest BCUT2D eigenvalue weighted by Crippen LogP contribution is 2.28. The third-order valence-corrected chi connectivity index (χ3v) is 4.92. The van der Waals surface area contributed by atoms with Crippen molar-refractivity contribution in [3.8, 4) is 0 Å². The molecule has 0 spiro atoms. The van der Waals surface area contributed by atoms with Gasteiger partial charge in [-0.2, -0.15) is 0 Å². The van der Waals surface area contributed by atoms with Crippen LogP contribution in [0.2, 0.25) is 0 Å². The van der Waals surface area contributed by atoms with E-state index in [0.29, 0.717) is 6.17 Å². The first-order valence-electron chi connectivity index (χ1n) is 7.27. The van der Waals surface area contributed by atoms with Crippen molar-refractivity contribution in [3.63, 3.8) is 0 Å². The van der Waals surface area contributed by atoms with Crippen molar-refractivity contribution in [2.24, 2.45) is 23.5 Å². The fraction of sp³-hybridized carbons (Fsp3) is 1.00. The van der Waals surface area contributed by atoms with Crippen molar-refractivity contribution in [2.45, 2.75) is 58.5 Å². The number of rotatable bonds is 2. The van der Waals surface area contributed by atoms with Crippen molar-refractivity contribution >= 4 is 0 Å². The molecular formula is C14H29N2+. The lowest BCUT2D eigenvalue weighted by atomic mass is 9.79. The van der Waals surface area contributed by atoms with Crippen LogP contribution in [0.3, 0.4) is 0 Å². The highest BCUT2D eigenvalue weighted by molar-refractivity contribution is 4.72. The molecule has 94 valence electrons. The molecule has 1 aliphatic heterocycles. The largest absolute Gasteiger partial charge is 0.320 e. The van der Waals surface area contributed by atoms with E-state index in [4.69, 9.17) is 5.73 Å². The van der Waals surface area contributed by atoms with E-state index in [2.05, 4.69) is 13.8 Å². The summed E-state index contributed by atoms with van der Waals surface area (Å²) in [6.45, 7) is 7.48. The van der Waals surface area contributed by atoms with Crippen LogP contribution in [-0.2, 0) is 0 Å². The first-order valence-corrected chi connectivity index (χ1v) is 7.27. The molecule has 16 heavy (non-hydrogen) atoms. The molecule has 1 saturated carbocycles. The van der Waals surface area contributed by atoms with Crippen LogP contribution < -0.4 is 10.6 Å². The molecule has 2 aliphatic rings. The second-order valence-electron chi connectivity index (χ2n) is 6.38. The summed E-state index contributed by atoms with van der Waals surface area (Å²) >= 11 is 0. The lowest BCUT2D eigenvalue weighted by Gasteiger charge is -2.38. The minimum absolute atomic E-state index is 0.422. The number of piperidine rings is 1. The van der Waals surface area contributed by atoms with Crippen LogP contribution in [0.5, 0.6) is 0 Å². The zero-order chi connectivity index (χ0) is 11.5. The van der Waals surface area contributed by atoms with Crippen molar-refractivity contribution < 1.29 is 4.90 Å². The molecule has 0 aromatic rings. The van der Waals surface area contributed by atoms with Gasteiger partial charge in [0.2, 0.25) is 0 Å². The Kier molecular flexibility index (Phi) is 4.26. The second-order valence-corrected chi connectivity index (χ2v) is 6.38. The molecule has 0 aromatic heterocycles. The molecule has 2 nitrogen and oxygen atoms in total. The predicted octanol–water partition coefficient (Wildman–Crippen LogP) is 1.41. The fourth-order valence-corrected chi connectivity index (χ4v) is 3.64. The minimum Gasteiger partial charge on any atom is -0.320 e. The number of hydrogen-bond donors (Lipinski definition) is 2. The number of quaternary nitrogens is 1. The molecule has 2 rings (SSSR count). The van der Waals surface area contributed by atoms with Gasteiger partial charge in [-0.05, 0) is 18.8 Å². The molecule has 1 heterocycles. The van der Waals surface area contributed by atoms with Gasteiger partial charge >= 0.3 is 0 Å². The summed E-state index contributed by atoms with van der Waals surface area (Å²) in [4.78, 5) is 1.69. The van der Waals surface area contributed by atoms with Gasteiger partial charge in [0.1, 0.15) is 6.17 Å². The predicted molar refractivity (Wildman–Crippen MR) is 68.2 cm³/mol. The average molecular weight is 225 g/mol. The van der Waals surface area contributed by atoms with E-state index in [0.717, 1.165) is 17.8 Å². The van der Waals surface area contributed by atoms with Crippen molar-refractivity contribution in [1.29, 1.82) is 0 Å². The van der Waals surface area contributed by atoms with Crippen LogP contribution in [-0.4, -0.2) is 19.3 Å². The molecule has 0 bridgehead atoms. The Bertz CT molecular complexity index is 217. The molecule has 2 heteroatoms. The highest BCUT2D eigenvalue weighted by atomic mass is 15.2. The standard InChI is InChI=1S/C14H28N2/c1-11-7-8-14(15)16(9-11)10-13-6-4-3-5-12(13)2/h11-14H,3-10,15H2,1-2H3/p+1. The van der Waals surface area contributed by atoms with Gasteiger partial charge < -0.3 is 4.90 Å². The molecular weight excluding hydrogens is 196 g/mol. The third-order valence-electron chi connectivity index (χ3n) is 4.92. The molecule has 2 fully saturated rings. The van der Waals surface area contributed by atoms with Crippen molar-refractivity contribution in [1.82, 2.24) is 0 Å². The number of nitrogens with two attached hydrogens (primary N) is 1. The molecule has 5 atom stereocenters.